The number of carbonyl (C=O) groups excluding carboxylic acids is 1. The second-order valence-electron chi connectivity index (χ2n) is 2.47. The van der Waals surface area contributed by atoms with Crippen LogP contribution in [0.1, 0.15) is 28.0 Å². The highest BCUT2D eigenvalue weighted by Crippen LogP contribution is 2.30. The first kappa shape index (κ1) is 11.3. The minimum atomic E-state index is -2.96. The van der Waals surface area contributed by atoms with Crippen LogP contribution in [0.5, 0.6) is 5.75 Å². The summed E-state index contributed by atoms with van der Waals surface area (Å²) in [5.41, 5.74) is -2.04. The van der Waals surface area contributed by atoms with Gasteiger partial charge in [0.1, 0.15) is 11.6 Å². The van der Waals surface area contributed by atoms with E-state index in [9.17, 15) is 18.7 Å². The number of halogens is 3. The molecular formula is C8H3ClF2N2O2. The number of alkyl halides is 2. The van der Waals surface area contributed by atoms with Crippen molar-refractivity contribution in [3.8, 4) is 11.8 Å². The standard InChI is InChI=1S/C8H3ClF2N2O2/c9-7(15)5-6(14)3(1-12)4(2-13-5)8(10)11/h2,8,14H. The van der Waals surface area contributed by atoms with Gasteiger partial charge in [-0.1, -0.05) is 0 Å². The maximum atomic E-state index is 12.3. The topological polar surface area (TPSA) is 74.0 Å². The highest BCUT2D eigenvalue weighted by molar-refractivity contribution is 6.67. The molecule has 0 fully saturated rings. The molecule has 0 bridgehead atoms. The number of hydrogen-bond acceptors (Lipinski definition) is 4. The van der Waals surface area contributed by atoms with Crippen molar-refractivity contribution in [1.29, 1.82) is 5.26 Å². The van der Waals surface area contributed by atoms with Crippen LogP contribution in [0, 0.1) is 11.3 Å². The van der Waals surface area contributed by atoms with Crippen LogP contribution in [-0.2, 0) is 0 Å². The smallest absolute Gasteiger partial charge is 0.274 e. The van der Waals surface area contributed by atoms with Crippen molar-refractivity contribution in [3.63, 3.8) is 0 Å². The van der Waals surface area contributed by atoms with Crippen LogP contribution in [0.25, 0.3) is 0 Å². The van der Waals surface area contributed by atoms with E-state index in [4.69, 9.17) is 16.9 Å². The van der Waals surface area contributed by atoms with Gasteiger partial charge in [0, 0.05) is 6.20 Å². The van der Waals surface area contributed by atoms with Crippen molar-refractivity contribution < 1.29 is 18.7 Å². The summed E-state index contributed by atoms with van der Waals surface area (Å²) in [6.07, 6.45) is -2.32. The van der Waals surface area contributed by atoms with Crippen LogP contribution in [0.3, 0.4) is 0 Å². The number of aromatic hydroxyl groups is 1. The SMILES string of the molecule is N#Cc1c(C(F)F)cnc(C(=O)Cl)c1O. The van der Waals surface area contributed by atoms with Gasteiger partial charge in [-0.05, 0) is 11.6 Å². The summed E-state index contributed by atoms with van der Waals surface area (Å²) < 4.78 is 24.6. The van der Waals surface area contributed by atoms with Crippen LogP contribution >= 0.6 is 11.6 Å². The molecule has 4 nitrogen and oxygen atoms in total. The van der Waals surface area contributed by atoms with E-state index >= 15 is 0 Å². The Morgan fingerprint density at radius 2 is 2.27 bits per heavy atom. The fourth-order valence-electron chi connectivity index (χ4n) is 0.942. The lowest BCUT2D eigenvalue weighted by Gasteiger charge is -2.05. The highest BCUT2D eigenvalue weighted by atomic mass is 35.5. The largest absolute Gasteiger partial charge is 0.504 e. The zero-order chi connectivity index (χ0) is 11.6. The second kappa shape index (κ2) is 4.19. The lowest BCUT2D eigenvalue weighted by atomic mass is 10.1. The molecule has 78 valence electrons. The third kappa shape index (κ3) is 2.02. The Morgan fingerprint density at radius 3 is 2.67 bits per heavy atom. The van der Waals surface area contributed by atoms with Gasteiger partial charge in [-0.25, -0.2) is 13.8 Å². The maximum Gasteiger partial charge on any atom is 0.274 e. The summed E-state index contributed by atoms with van der Waals surface area (Å²) in [5, 5.41) is 16.7. The van der Waals surface area contributed by atoms with Gasteiger partial charge in [0.15, 0.2) is 11.4 Å². The summed E-state index contributed by atoms with van der Waals surface area (Å²) in [6, 6.07) is 1.36. The first-order valence-electron chi connectivity index (χ1n) is 3.59. The monoisotopic (exact) mass is 232 g/mol. The first-order chi connectivity index (χ1) is 6.99. The number of carbonyl (C=O) groups is 1. The molecule has 0 aliphatic carbocycles. The molecule has 0 radical (unpaired) electrons. The summed E-state index contributed by atoms with van der Waals surface area (Å²) in [4.78, 5) is 13.9. The quantitative estimate of drug-likeness (QED) is 0.791. The molecule has 0 saturated carbocycles. The zero-order valence-electron chi connectivity index (χ0n) is 7.04. The fraction of sp³-hybridized carbons (Fsp3) is 0.125. The molecule has 0 saturated heterocycles. The molecule has 7 heteroatoms. The number of aromatic nitrogens is 1. The van der Waals surface area contributed by atoms with Crippen LogP contribution in [-0.4, -0.2) is 15.3 Å². The molecule has 1 rings (SSSR count). The average molecular weight is 233 g/mol. The minimum absolute atomic E-state index is 0.613. The van der Waals surface area contributed by atoms with E-state index in [1.54, 1.807) is 0 Å². The molecule has 0 unspecified atom stereocenters. The van der Waals surface area contributed by atoms with Crippen molar-refractivity contribution in [3.05, 3.63) is 23.0 Å². The van der Waals surface area contributed by atoms with Crippen LogP contribution in [0.2, 0.25) is 0 Å². The van der Waals surface area contributed by atoms with Crippen LogP contribution < -0.4 is 0 Å². The molecular weight excluding hydrogens is 230 g/mol. The van der Waals surface area contributed by atoms with Gasteiger partial charge in [0.25, 0.3) is 11.7 Å². The molecule has 0 aliphatic rings. The number of rotatable bonds is 2. The van der Waals surface area contributed by atoms with Crippen molar-refractivity contribution in [1.82, 2.24) is 4.98 Å². The molecule has 0 spiro atoms. The van der Waals surface area contributed by atoms with Gasteiger partial charge in [-0.2, -0.15) is 5.26 Å². The Balaban J connectivity index is 3.48. The summed E-state index contributed by atoms with van der Waals surface area (Å²) in [7, 11) is 0. The Kier molecular flexibility index (Phi) is 3.17. The van der Waals surface area contributed by atoms with Gasteiger partial charge in [-0.3, -0.25) is 4.79 Å². The van der Waals surface area contributed by atoms with Gasteiger partial charge < -0.3 is 5.11 Å². The molecule has 1 aromatic rings. The predicted molar refractivity (Wildman–Crippen MR) is 45.8 cm³/mol. The summed E-state index contributed by atoms with van der Waals surface area (Å²) in [6.45, 7) is 0. The molecule has 0 aliphatic heterocycles. The molecule has 0 atom stereocenters. The van der Waals surface area contributed by atoms with Gasteiger partial charge in [0.2, 0.25) is 0 Å². The first-order valence-corrected chi connectivity index (χ1v) is 3.96. The highest BCUT2D eigenvalue weighted by Gasteiger charge is 2.22. The summed E-state index contributed by atoms with van der Waals surface area (Å²) >= 11 is 5.01. The zero-order valence-corrected chi connectivity index (χ0v) is 7.79. The van der Waals surface area contributed by atoms with E-state index in [2.05, 4.69) is 4.98 Å². The van der Waals surface area contributed by atoms with E-state index in [0.29, 0.717) is 6.20 Å². The molecule has 1 aromatic heterocycles. The van der Waals surface area contributed by atoms with Crippen molar-refractivity contribution >= 4 is 16.8 Å². The number of nitrogens with zero attached hydrogens (tertiary/aromatic N) is 2. The van der Waals surface area contributed by atoms with Gasteiger partial charge >= 0.3 is 0 Å². The lowest BCUT2D eigenvalue weighted by molar-refractivity contribution is 0.107. The minimum Gasteiger partial charge on any atom is -0.504 e. The number of pyridine rings is 1. The van der Waals surface area contributed by atoms with Crippen molar-refractivity contribution in [2.24, 2.45) is 0 Å². The van der Waals surface area contributed by atoms with E-state index in [1.807, 2.05) is 0 Å². The normalized spacial score (nSPS) is 10.1. The van der Waals surface area contributed by atoms with E-state index in [0.717, 1.165) is 0 Å². The second-order valence-corrected chi connectivity index (χ2v) is 2.82. The van der Waals surface area contributed by atoms with Crippen LogP contribution in [0.4, 0.5) is 8.78 Å². The molecule has 0 aromatic carbocycles. The lowest BCUT2D eigenvalue weighted by Crippen LogP contribution is -2.01. The van der Waals surface area contributed by atoms with Crippen LogP contribution in [0.15, 0.2) is 6.20 Å². The number of nitriles is 1. The Labute approximate surface area is 87.7 Å². The summed E-state index contributed by atoms with van der Waals surface area (Å²) in [5.74, 6) is -0.921. The van der Waals surface area contributed by atoms with E-state index < -0.39 is 34.2 Å². The Hall–Kier alpha value is -1.74. The van der Waals surface area contributed by atoms with Gasteiger partial charge in [-0.15, -0.1) is 0 Å². The predicted octanol–water partition coefficient (Wildman–Crippen LogP) is 1.98. The average Bonchev–Trinajstić information content (AvgIpc) is 2.16. The third-order valence-electron chi connectivity index (χ3n) is 1.62. The van der Waals surface area contributed by atoms with Crippen molar-refractivity contribution in [2.75, 3.05) is 0 Å². The van der Waals surface area contributed by atoms with E-state index in [-0.39, 0.29) is 0 Å². The molecule has 15 heavy (non-hydrogen) atoms. The number of hydrogen-bond donors (Lipinski definition) is 1. The molecule has 1 heterocycles. The molecule has 0 amide bonds. The van der Waals surface area contributed by atoms with Crippen molar-refractivity contribution in [2.45, 2.75) is 6.43 Å². The Morgan fingerprint density at radius 1 is 1.67 bits per heavy atom. The molecule has 1 N–H and O–H groups in total. The van der Waals surface area contributed by atoms with E-state index in [1.165, 1.54) is 6.07 Å². The third-order valence-corrected chi connectivity index (χ3v) is 1.79. The maximum absolute atomic E-state index is 12.3. The fourth-order valence-corrected chi connectivity index (χ4v) is 1.08. The van der Waals surface area contributed by atoms with Gasteiger partial charge in [0.05, 0.1) is 5.56 Å². The Bertz CT molecular complexity index is 457.